The van der Waals surface area contributed by atoms with Gasteiger partial charge in [-0.2, -0.15) is 0 Å². The summed E-state index contributed by atoms with van der Waals surface area (Å²) in [5.74, 6) is 0.954. The predicted molar refractivity (Wildman–Crippen MR) is 64.3 cm³/mol. The van der Waals surface area contributed by atoms with Crippen LogP contribution in [0.4, 0.5) is 0 Å². The number of rotatable bonds is 3. The van der Waals surface area contributed by atoms with Crippen molar-refractivity contribution >= 4 is 22.6 Å². The van der Waals surface area contributed by atoms with Gasteiger partial charge in [0.15, 0.2) is 0 Å². The number of aryl methyl sites for hydroxylation is 1. The Morgan fingerprint density at radius 2 is 2.23 bits per heavy atom. The maximum absolute atomic E-state index is 5.28. The largest absolute Gasteiger partial charge is 0.496 e. The third-order valence-corrected chi connectivity index (χ3v) is 3.09. The van der Waals surface area contributed by atoms with Crippen molar-refractivity contribution in [2.24, 2.45) is 0 Å². The van der Waals surface area contributed by atoms with Crippen LogP contribution < -0.4 is 4.74 Å². The van der Waals surface area contributed by atoms with E-state index < -0.39 is 0 Å². The van der Waals surface area contributed by atoms with E-state index in [1.807, 2.05) is 6.08 Å². The molecule has 70 valence electrons. The molecule has 0 amide bonds. The molecule has 0 bridgehead atoms. The fourth-order valence-corrected chi connectivity index (χ4v) is 1.67. The molecular weight excluding hydrogens is 275 g/mol. The minimum absolute atomic E-state index is 0.862. The SMILES string of the molecule is C=CCc1cc(C)c(I)cc1OC. The lowest BCUT2D eigenvalue weighted by Crippen LogP contribution is -1.93. The highest BCUT2D eigenvalue weighted by Crippen LogP contribution is 2.24. The maximum atomic E-state index is 5.28. The molecular formula is C11H13IO. The Hall–Kier alpha value is -0.510. The van der Waals surface area contributed by atoms with Crippen LogP contribution in [-0.2, 0) is 6.42 Å². The smallest absolute Gasteiger partial charge is 0.123 e. The molecule has 13 heavy (non-hydrogen) atoms. The molecule has 0 aliphatic heterocycles. The molecule has 0 unspecified atom stereocenters. The van der Waals surface area contributed by atoms with Crippen LogP contribution in [-0.4, -0.2) is 7.11 Å². The monoisotopic (exact) mass is 288 g/mol. The Morgan fingerprint density at radius 1 is 1.54 bits per heavy atom. The van der Waals surface area contributed by atoms with Crippen LogP contribution in [0.25, 0.3) is 0 Å². The third kappa shape index (κ3) is 2.46. The maximum Gasteiger partial charge on any atom is 0.123 e. The number of halogens is 1. The van der Waals surface area contributed by atoms with E-state index in [4.69, 9.17) is 4.74 Å². The summed E-state index contributed by atoms with van der Waals surface area (Å²) in [7, 11) is 1.70. The van der Waals surface area contributed by atoms with Crippen molar-refractivity contribution in [3.63, 3.8) is 0 Å². The highest BCUT2D eigenvalue weighted by molar-refractivity contribution is 14.1. The number of benzene rings is 1. The van der Waals surface area contributed by atoms with Crippen molar-refractivity contribution < 1.29 is 4.74 Å². The van der Waals surface area contributed by atoms with Crippen molar-refractivity contribution in [3.8, 4) is 5.75 Å². The number of methoxy groups -OCH3 is 1. The summed E-state index contributed by atoms with van der Waals surface area (Å²) in [6.45, 7) is 5.83. The fourth-order valence-electron chi connectivity index (χ4n) is 1.23. The Kier molecular flexibility index (Phi) is 3.78. The van der Waals surface area contributed by atoms with Crippen molar-refractivity contribution in [2.75, 3.05) is 7.11 Å². The van der Waals surface area contributed by atoms with Gasteiger partial charge in [-0.25, -0.2) is 0 Å². The second-order valence-corrected chi connectivity index (χ2v) is 4.07. The molecule has 0 saturated carbocycles. The highest BCUT2D eigenvalue weighted by atomic mass is 127. The van der Waals surface area contributed by atoms with E-state index in [9.17, 15) is 0 Å². The summed E-state index contributed by atoms with van der Waals surface area (Å²) in [6, 6.07) is 4.22. The summed E-state index contributed by atoms with van der Waals surface area (Å²) in [6.07, 6.45) is 2.76. The number of hydrogen-bond acceptors (Lipinski definition) is 1. The van der Waals surface area contributed by atoms with E-state index in [0.717, 1.165) is 12.2 Å². The molecule has 0 spiro atoms. The van der Waals surface area contributed by atoms with Gasteiger partial charge in [-0.05, 0) is 53.1 Å². The van der Waals surface area contributed by atoms with E-state index in [1.165, 1.54) is 14.7 Å². The van der Waals surface area contributed by atoms with Crippen molar-refractivity contribution in [2.45, 2.75) is 13.3 Å². The first kappa shape index (κ1) is 10.6. The Morgan fingerprint density at radius 3 is 2.77 bits per heavy atom. The van der Waals surface area contributed by atoms with Gasteiger partial charge < -0.3 is 4.74 Å². The van der Waals surface area contributed by atoms with Crippen LogP contribution >= 0.6 is 22.6 Å². The van der Waals surface area contributed by atoms with E-state index in [0.29, 0.717) is 0 Å². The first-order valence-corrected chi connectivity index (χ1v) is 5.20. The summed E-state index contributed by atoms with van der Waals surface area (Å²) in [5, 5.41) is 0. The number of hydrogen-bond donors (Lipinski definition) is 0. The molecule has 1 aromatic rings. The molecule has 1 rings (SSSR count). The average Bonchev–Trinajstić information content (AvgIpc) is 2.11. The zero-order valence-corrected chi connectivity index (χ0v) is 10.1. The second kappa shape index (κ2) is 4.65. The molecule has 0 radical (unpaired) electrons. The lowest BCUT2D eigenvalue weighted by molar-refractivity contribution is 0.410. The molecule has 0 heterocycles. The molecule has 0 N–H and O–H groups in total. The Labute approximate surface area is 92.9 Å². The zero-order valence-electron chi connectivity index (χ0n) is 7.93. The van der Waals surface area contributed by atoms with Gasteiger partial charge in [0.25, 0.3) is 0 Å². The summed E-state index contributed by atoms with van der Waals surface area (Å²) >= 11 is 2.31. The number of ether oxygens (including phenoxy) is 1. The van der Waals surface area contributed by atoms with Gasteiger partial charge in [0.2, 0.25) is 0 Å². The van der Waals surface area contributed by atoms with Gasteiger partial charge in [-0.1, -0.05) is 12.1 Å². The first-order chi connectivity index (χ1) is 6.19. The van der Waals surface area contributed by atoms with Gasteiger partial charge in [0.1, 0.15) is 5.75 Å². The van der Waals surface area contributed by atoms with Crippen molar-refractivity contribution in [1.29, 1.82) is 0 Å². The molecule has 0 aliphatic carbocycles. The molecule has 0 saturated heterocycles. The minimum Gasteiger partial charge on any atom is -0.496 e. The minimum atomic E-state index is 0.862. The van der Waals surface area contributed by atoms with E-state index >= 15 is 0 Å². The molecule has 1 nitrogen and oxygen atoms in total. The Bertz CT molecular complexity index is 318. The van der Waals surface area contributed by atoms with Crippen LogP contribution in [0.15, 0.2) is 24.8 Å². The number of allylic oxidation sites excluding steroid dienone is 1. The van der Waals surface area contributed by atoms with Crippen LogP contribution in [0.5, 0.6) is 5.75 Å². The molecule has 1 aromatic carbocycles. The van der Waals surface area contributed by atoms with Crippen LogP contribution in [0.1, 0.15) is 11.1 Å². The summed E-state index contributed by atoms with van der Waals surface area (Å²) in [4.78, 5) is 0. The highest BCUT2D eigenvalue weighted by Gasteiger charge is 2.04. The normalized spacial score (nSPS) is 9.77. The average molecular weight is 288 g/mol. The third-order valence-electron chi connectivity index (χ3n) is 1.93. The summed E-state index contributed by atoms with van der Waals surface area (Å²) < 4.78 is 6.52. The standard InChI is InChI=1S/C11H13IO/c1-4-5-9-6-8(2)10(12)7-11(9)13-3/h4,6-7H,1,5H2,2-3H3. The molecule has 0 fully saturated rings. The topological polar surface area (TPSA) is 9.23 Å². The van der Waals surface area contributed by atoms with Crippen LogP contribution in [0.3, 0.4) is 0 Å². The van der Waals surface area contributed by atoms with E-state index in [1.54, 1.807) is 7.11 Å². The van der Waals surface area contributed by atoms with Crippen LogP contribution in [0.2, 0.25) is 0 Å². The molecule has 0 aliphatic rings. The lowest BCUT2D eigenvalue weighted by atomic mass is 10.1. The van der Waals surface area contributed by atoms with Crippen LogP contribution in [0, 0.1) is 10.5 Å². The Balaban J connectivity index is 3.15. The summed E-state index contributed by atoms with van der Waals surface area (Å²) in [5.41, 5.74) is 2.49. The van der Waals surface area contributed by atoms with Gasteiger partial charge in [0, 0.05) is 3.57 Å². The molecule has 2 heteroatoms. The van der Waals surface area contributed by atoms with E-state index in [2.05, 4.69) is 48.2 Å². The second-order valence-electron chi connectivity index (χ2n) is 2.91. The molecule has 0 aromatic heterocycles. The first-order valence-electron chi connectivity index (χ1n) is 4.13. The van der Waals surface area contributed by atoms with Gasteiger partial charge in [-0.15, -0.1) is 6.58 Å². The van der Waals surface area contributed by atoms with Gasteiger partial charge in [-0.3, -0.25) is 0 Å². The zero-order chi connectivity index (χ0) is 9.84. The van der Waals surface area contributed by atoms with Gasteiger partial charge >= 0.3 is 0 Å². The van der Waals surface area contributed by atoms with E-state index in [-0.39, 0.29) is 0 Å². The lowest BCUT2D eigenvalue weighted by Gasteiger charge is -2.09. The fraction of sp³-hybridized carbons (Fsp3) is 0.273. The predicted octanol–water partition coefficient (Wildman–Crippen LogP) is 3.34. The quantitative estimate of drug-likeness (QED) is 0.612. The molecule has 0 atom stereocenters. The van der Waals surface area contributed by atoms with Gasteiger partial charge in [0.05, 0.1) is 7.11 Å². The van der Waals surface area contributed by atoms with Crippen molar-refractivity contribution in [1.82, 2.24) is 0 Å². The van der Waals surface area contributed by atoms with Crippen molar-refractivity contribution in [3.05, 3.63) is 39.5 Å².